The monoisotopic (exact) mass is 315 g/mol. The van der Waals surface area contributed by atoms with Crippen LogP contribution in [-0.2, 0) is 11.2 Å². The highest BCUT2D eigenvalue weighted by Crippen LogP contribution is 2.30. The number of rotatable bonds is 6. The summed E-state index contributed by atoms with van der Waals surface area (Å²) in [7, 11) is 0. The average molecular weight is 316 g/mol. The van der Waals surface area contributed by atoms with Crippen molar-refractivity contribution in [1.82, 2.24) is 5.32 Å². The fraction of sp³-hybridized carbons (Fsp3) is 0.625. The Morgan fingerprint density at radius 3 is 2.60 bits per heavy atom. The summed E-state index contributed by atoms with van der Waals surface area (Å²) in [6.07, 6.45) is 3.44. The van der Waals surface area contributed by atoms with Crippen molar-refractivity contribution in [3.05, 3.63) is 33.8 Å². The molecule has 0 radical (unpaired) electrons. The summed E-state index contributed by atoms with van der Waals surface area (Å²) in [6.45, 7) is 6.15. The molecule has 0 aliphatic carbocycles. The Morgan fingerprint density at radius 1 is 1.35 bits per heavy atom. The van der Waals surface area contributed by atoms with Crippen LogP contribution in [0.3, 0.4) is 0 Å². The van der Waals surface area contributed by atoms with E-state index in [4.69, 9.17) is 27.9 Å². The Bertz CT molecular complexity index is 418. The first-order valence-corrected chi connectivity index (χ1v) is 8.15. The van der Waals surface area contributed by atoms with Crippen LogP contribution < -0.4 is 5.32 Å². The lowest BCUT2D eigenvalue weighted by atomic mass is 9.91. The maximum atomic E-state index is 6.30. The summed E-state index contributed by atoms with van der Waals surface area (Å²) in [5.74, 6) is 0.531. The van der Waals surface area contributed by atoms with Gasteiger partial charge in [-0.05, 0) is 50.4 Å². The van der Waals surface area contributed by atoms with Gasteiger partial charge in [0.1, 0.15) is 0 Å². The van der Waals surface area contributed by atoms with Crippen LogP contribution in [-0.4, -0.2) is 25.3 Å². The number of ether oxygens (including phenoxy) is 1. The van der Waals surface area contributed by atoms with Crippen molar-refractivity contribution in [1.29, 1.82) is 0 Å². The molecule has 1 N–H and O–H groups in total. The van der Waals surface area contributed by atoms with Crippen molar-refractivity contribution in [2.24, 2.45) is 5.92 Å². The van der Waals surface area contributed by atoms with E-state index in [1.807, 2.05) is 18.2 Å². The molecular weight excluding hydrogens is 293 g/mol. The van der Waals surface area contributed by atoms with Crippen molar-refractivity contribution in [2.75, 3.05) is 13.2 Å². The van der Waals surface area contributed by atoms with Gasteiger partial charge in [0.25, 0.3) is 0 Å². The summed E-state index contributed by atoms with van der Waals surface area (Å²) >= 11 is 12.6. The highest BCUT2D eigenvalue weighted by Gasteiger charge is 2.30. The van der Waals surface area contributed by atoms with E-state index in [1.165, 1.54) is 0 Å². The second-order valence-electron chi connectivity index (χ2n) is 5.60. The van der Waals surface area contributed by atoms with Crippen LogP contribution in [0.2, 0.25) is 10.0 Å². The zero-order valence-corrected chi connectivity index (χ0v) is 13.7. The summed E-state index contributed by atoms with van der Waals surface area (Å²) < 4.78 is 5.72. The van der Waals surface area contributed by atoms with Gasteiger partial charge in [0, 0.05) is 22.0 Å². The number of halogens is 2. The van der Waals surface area contributed by atoms with Gasteiger partial charge in [-0.3, -0.25) is 0 Å². The van der Waals surface area contributed by atoms with Gasteiger partial charge in [-0.25, -0.2) is 0 Å². The van der Waals surface area contributed by atoms with Gasteiger partial charge in [-0.15, -0.1) is 0 Å². The fourth-order valence-corrected chi connectivity index (χ4v) is 3.36. The van der Waals surface area contributed by atoms with Crippen LogP contribution in [0, 0.1) is 5.92 Å². The van der Waals surface area contributed by atoms with E-state index in [-0.39, 0.29) is 0 Å². The standard InChI is InChI=1S/C16H23Cl2NO/c1-3-7-19-16(12-8-11(2)20-10-12)9-13-14(17)5-4-6-15(13)18/h4-6,11-12,16,19H,3,7-10H2,1-2H3. The van der Waals surface area contributed by atoms with Crippen LogP contribution in [0.5, 0.6) is 0 Å². The molecule has 4 heteroatoms. The Labute approximate surface area is 131 Å². The zero-order valence-electron chi connectivity index (χ0n) is 12.2. The maximum Gasteiger partial charge on any atom is 0.0551 e. The summed E-state index contributed by atoms with van der Waals surface area (Å²) in [5.41, 5.74) is 1.05. The number of benzene rings is 1. The highest BCUT2D eigenvalue weighted by atomic mass is 35.5. The third-order valence-corrected chi connectivity index (χ3v) is 4.65. The molecule has 1 aliphatic rings. The molecule has 1 fully saturated rings. The normalized spacial score (nSPS) is 24.0. The van der Waals surface area contributed by atoms with Crippen LogP contribution >= 0.6 is 23.2 Å². The van der Waals surface area contributed by atoms with Gasteiger partial charge in [0.15, 0.2) is 0 Å². The second-order valence-corrected chi connectivity index (χ2v) is 6.42. The molecule has 3 unspecified atom stereocenters. The lowest BCUT2D eigenvalue weighted by Crippen LogP contribution is -2.39. The van der Waals surface area contributed by atoms with E-state index in [9.17, 15) is 0 Å². The van der Waals surface area contributed by atoms with Crippen molar-refractivity contribution < 1.29 is 4.74 Å². The molecule has 0 amide bonds. The van der Waals surface area contributed by atoms with Gasteiger partial charge in [0.2, 0.25) is 0 Å². The first kappa shape index (κ1) is 16.1. The number of hydrogen-bond donors (Lipinski definition) is 1. The lowest BCUT2D eigenvalue weighted by molar-refractivity contribution is 0.117. The van der Waals surface area contributed by atoms with E-state index in [2.05, 4.69) is 19.2 Å². The third-order valence-electron chi connectivity index (χ3n) is 3.94. The molecule has 1 aliphatic heterocycles. The van der Waals surface area contributed by atoms with Crippen LogP contribution in [0.25, 0.3) is 0 Å². The minimum atomic E-state index is 0.354. The first-order chi connectivity index (χ1) is 9.61. The zero-order chi connectivity index (χ0) is 14.5. The topological polar surface area (TPSA) is 21.3 Å². The molecule has 2 rings (SSSR count). The smallest absolute Gasteiger partial charge is 0.0551 e. The predicted molar refractivity (Wildman–Crippen MR) is 85.8 cm³/mol. The molecule has 3 atom stereocenters. The summed E-state index contributed by atoms with van der Waals surface area (Å²) in [6, 6.07) is 6.09. The Hall–Kier alpha value is -0.280. The molecule has 20 heavy (non-hydrogen) atoms. The third kappa shape index (κ3) is 4.11. The molecule has 0 saturated carbocycles. The van der Waals surface area contributed by atoms with Crippen LogP contribution in [0.1, 0.15) is 32.3 Å². The Morgan fingerprint density at radius 2 is 2.05 bits per heavy atom. The quantitative estimate of drug-likeness (QED) is 0.843. The van der Waals surface area contributed by atoms with Gasteiger partial charge < -0.3 is 10.1 Å². The van der Waals surface area contributed by atoms with E-state index < -0.39 is 0 Å². The van der Waals surface area contributed by atoms with Crippen molar-refractivity contribution in [2.45, 2.75) is 45.3 Å². The van der Waals surface area contributed by atoms with Gasteiger partial charge >= 0.3 is 0 Å². The minimum Gasteiger partial charge on any atom is -0.378 e. The molecule has 1 saturated heterocycles. The largest absolute Gasteiger partial charge is 0.378 e. The van der Waals surface area contributed by atoms with E-state index in [0.717, 1.165) is 48.0 Å². The molecule has 1 aromatic carbocycles. The number of nitrogens with one attached hydrogen (secondary N) is 1. The van der Waals surface area contributed by atoms with E-state index in [1.54, 1.807) is 0 Å². The summed E-state index contributed by atoms with van der Waals surface area (Å²) in [4.78, 5) is 0. The predicted octanol–water partition coefficient (Wildman–Crippen LogP) is 4.33. The Kier molecular flexibility index (Phi) is 6.16. The highest BCUT2D eigenvalue weighted by molar-refractivity contribution is 6.36. The van der Waals surface area contributed by atoms with Crippen molar-refractivity contribution >= 4 is 23.2 Å². The molecular formula is C16H23Cl2NO. The fourth-order valence-electron chi connectivity index (χ4n) is 2.81. The molecule has 2 nitrogen and oxygen atoms in total. The van der Waals surface area contributed by atoms with Gasteiger partial charge in [0.05, 0.1) is 12.7 Å². The van der Waals surface area contributed by atoms with Crippen LogP contribution in [0.4, 0.5) is 0 Å². The maximum absolute atomic E-state index is 6.30. The molecule has 0 bridgehead atoms. The average Bonchev–Trinajstić information content (AvgIpc) is 2.84. The molecule has 0 spiro atoms. The molecule has 0 aromatic heterocycles. The first-order valence-electron chi connectivity index (χ1n) is 7.39. The number of hydrogen-bond acceptors (Lipinski definition) is 2. The van der Waals surface area contributed by atoms with Gasteiger partial charge in [-0.1, -0.05) is 36.2 Å². The van der Waals surface area contributed by atoms with Crippen molar-refractivity contribution in [3.8, 4) is 0 Å². The molecule has 1 heterocycles. The van der Waals surface area contributed by atoms with E-state index >= 15 is 0 Å². The molecule has 112 valence electrons. The Balaban J connectivity index is 2.10. The SMILES string of the molecule is CCCNC(Cc1c(Cl)cccc1Cl)C1COC(C)C1. The molecule has 1 aromatic rings. The second kappa shape index (κ2) is 7.65. The van der Waals surface area contributed by atoms with Crippen LogP contribution in [0.15, 0.2) is 18.2 Å². The van der Waals surface area contributed by atoms with E-state index in [0.29, 0.717) is 18.1 Å². The lowest BCUT2D eigenvalue weighted by Gasteiger charge is -2.25. The summed E-state index contributed by atoms with van der Waals surface area (Å²) in [5, 5.41) is 5.15. The van der Waals surface area contributed by atoms with Crippen molar-refractivity contribution in [3.63, 3.8) is 0 Å². The minimum absolute atomic E-state index is 0.354. The van der Waals surface area contributed by atoms with Gasteiger partial charge in [-0.2, -0.15) is 0 Å².